The average Bonchev–Trinajstić information content (AvgIpc) is 2.26. The third-order valence-electron chi connectivity index (χ3n) is 3.50. The van der Waals surface area contributed by atoms with Crippen molar-refractivity contribution in [3.63, 3.8) is 0 Å². The van der Waals surface area contributed by atoms with E-state index in [4.69, 9.17) is 4.74 Å². The summed E-state index contributed by atoms with van der Waals surface area (Å²) in [5.74, 6) is 1.88. The van der Waals surface area contributed by atoms with Crippen molar-refractivity contribution < 1.29 is 4.74 Å². The maximum Gasteiger partial charge on any atom is 0.119 e. The van der Waals surface area contributed by atoms with Crippen molar-refractivity contribution in [2.75, 3.05) is 13.2 Å². The van der Waals surface area contributed by atoms with Gasteiger partial charge in [0.25, 0.3) is 0 Å². The third-order valence-corrected chi connectivity index (χ3v) is 3.50. The molecule has 1 atom stereocenters. The summed E-state index contributed by atoms with van der Waals surface area (Å²) in [6.45, 7) is 6.17. The van der Waals surface area contributed by atoms with Gasteiger partial charge in [0.15, 0.2) is 0 Å². The van der Waals surface area contributed by atoms with Crippen molar-refractivity contribution in [1.29, 1.82) is 0 Å². The minimum atomic E-state index is 0.428. The van der Waals surface area contributed by atoms with Crippen LogP contribution in [0.1, 0.15) is 31.7 Å². The van der Waals surface area contributed by atoms with Gasteiger partial charge in [0, 0.05) is 6.04 Å². The zero-order chi connectivity index (χ0) is 12.1. The Balaban J connectivity index is 1.64. The molecular weight excluding hydrogens is 210 g/mol. The van der Waals surface area contributed by atoms with E-state index < -0.39 is 0 Å². The first-order valence-electron chi connectivity index (χ1n) is 6.67. The molecule has 0 radical (unpaired) electrons. The summed E-state index contributed by atoms with van der Waals surface area (Å²) < 4.78 is 5.74. The fourth-order valence-corrected chi connectivity index (χ4v) is 1.98. The van der Waals surface area contributed by atoms with E-state index in [1.54, 1.807) is 0 Å². The van der Waals surface area contributed by atoms with E-state index in [0.717, 1.165) is 24.8 Å². The second kappa shape index (κ2) is 6.06. The van der Waals surface area contributed by atoms with E-state index in [0.29, 0.717) is 6.04 Å². The molecule has 1 aromatic rings. The Bertz CT molecular complexity index is 329. The number of aryl methyl sites for hydroxylation is 1. The lowest BCUT2D eigenvalue weighted by molar-refractivity contribution is 0.243. The third kappa shape index (κ3) is 4.04. The molecule has 1 aliphatic carbocycles. The van der Waals surface area contributed by atoms with Crippen molar-refractivity contribution in [2.45, 2.75) is 39.2 Å². The second-order valence-corrected chi connectivity index (χ2v) is 5.23. The Morgan fingerprint density at radius 2 is 2.00 bits per heavy atom. The molecule has 0 aliphatic heterocycles. The van der Waals surface area contributed by atoms with Crippen LogP contribution in [0.5, 0.6) is 5.75 Å². The first-order valence-corrected chi connectivity index (χ1v) is 6.67. The molecule has 0 amide bonds. The highest BCUT2D eigenvalue weighted by molar-refractivity contribution is 5.26. The first kappa shape index (κ1) is 12.4. The zero-order valence-corrected chi connectivity index (χ0v) is 10.9. The van der Waals surface area contributed by atoms with Crippen LogP contribution in [0.4, 0.5) is 0 Å². The largest absolute Gasteiger partial charge is 0.492 e. The molecule has 1 unspecified atom stereocenters. The second-order valence-electron chi connectivity index (χ2n) is 5.23. The maximum absolute atomic E-state index is 5.74. The van der Waals surface area contributed by atoms with Gasteiger partial charge in [-0.2, -0.15) is 0 Å². The van der Waals surface area contributed by atoms with Crippen LogP contribution in [0.15, 0.2) is 24.3 Å². The van der Waals surface area contributed by atoms with E-state index in [1.165, 1.54) is 24.8 Å². The standard InChI is InChI=1S/C15H23NO/c1-12-6-8-15(9-7-12)17-11-13(2)16-10-14-4-3-5-14/h6-9,13-14,16H,3-5,10-11H2,1-2H3. The summed E-state index contributed by atoms with van der Waals surface area (Å²) in [6, 6.07) is 8.67. The predicted octanol–water partition coefficient (Wildman–Crippen LogP) is 3.15. The lowest BCUT2D eigenvalue weighted by Crippen LogP contribution is -2.37. The summed E-state index contributed by atoms with van der Waals surface area (Å²) in [5, 5.41) is 3.54. The molecule has 0 heterocycles. The van der Waals surface area contributed by atoms with Crippen molar-refractivity contribution in [3.8, 4) is 5.75 Å². The molecule has 0 bridgehead atoms. The average molecular weight is 233 g/mol. The van der Waals surface area contributed by atoms with Crippen LogP contribution >= 0.6 is 0 Å². The molecule has 1 fully saturated rings. The zero-order valence-electron chi connectivity index (χ0n) is 10.9. The summed E-state index contributed by atoms with van der Waals surface area (Å²) in [7, 11) is 0. The molecule has 2 nitrogen and oxygen atoms in total. The van der Waals surface area contributed by atoms with Crippen molar-refractivity contribution in [2.24, 2.45) is 5.92 Å². The summed E-state index contributed by atoms with van der Waals surface area (Å²) in [5.41, 5.74) is 1.27. The van der Waals surface area contributed by atoms with E-state index in [2.05, 4.69) is 31.3 Å². The Kier molecular flexibility index (Phi) is 4.43. The molecule has 94 valence electrons. The van der Waals surface area contributed by atoms with Gasteiger partial charge in [-0.25, -0.2) is 0 Å². The quantitative estimate of drug-likeness (QED) is 0.815. The number of nitrogens with one attached hydrogen (secondary N) is 1. The van der Waals surface area contributed by atoms with E-state index in [1.807, 2.05) is 12.1 Å². The molecule has 1 N–H and O–H groups in total. The van der Waals surface area contributed by atoms with Crippen LogP contribution in [0.3, 0.4) is 0 Å². The molecule has 2 heteroatoms. The fourth-order valence-electron chi connectivity index (χ4n) is 1.98. The maximum atomic E-state index is 5.74. The van der Waals surface area contributed by atoms with Gasteiger partial charge in [0.1, 0.15) is 12.4 Å². The van der Waals surface area contributed by atoms with Crippen molar-refractivity contribution in [1.82, 2.24) is 5.32 Å². The fraction of sp³-hybridized carbons (Fsp3) is 0.600. The lowest BCUT2D eigenvalue weighted by Gasteiger charge is -2.27. The normalized spacial score (nSPS) is 17.5. The Morgan fingerprint density at radius 1 is 1.29 bits per heavy atom. The van der Waals surface area contributed by atoms with Gasteiger partial charge in [-0.15, -0.1) is 0 Å². The Labute approximate surface area is 104 Å². The number of ether oxygens (including phenoxy) is 1. The molecule has 2 rings (SSSR count). The smallest absolute Gasteiger partial charge is 0.119 e. The molecule has 1 aliphatic rings. The Hall–Kier alpha value is -1.02. The highest BCUT2D eigenvalue weighted by Crippen LogP contribution is 2.25. The van der Waals surface area contributed by atoms with Crippen LogP contribution in [-0.4, -0.2) is 19.2 Å². The van der Waals surface area contributed by atoms with Crippen LogP contribution in [0.25, 0.3) is 0 Å². The SMILES string of the molecule is Cc1ccc(OCC(C)NCC2CCC2)cc1. The van der Waals surface area contributed by atoms with Gasteiger partial charge in [-0.3, -0.25) is 0 Å². The molecule has 0 spiro atoms. The van der Waals surface area contributed by atoms with Gasteiger partial charge < -0.3 is 10.1 Å². The minimum Gasteiger partial charge on any atom is -0.492 e. The number of hydrogen-bond acceptors (Lipinski definition) is 2. The summed E-state index contributed by atoms with van der Waals surface area (Å²) >= 11 is 0. The molecular formula is C15H23NO. The van der Waals surface area contributed by atoms with Gasteiger partial charge in [-0.05, 0) is 51.3 Å². The van der Waals surface area contributed by atoms with Gasteiger partial charge in [-0.1, -0.05) is 24.1 Å². The molecule has 0 aromatic heterocycles. The highest BCUT2D eigenvalue weighted by Gasteiger charge is 2.17. The van der Waals surface area contributed by atoms with E-state index in [9.17, 15) is 0 Å². The monoisotopic (exact) mass is 233 g/mol. The van der Waals surface area contributed by atoms with Crippen molar-refractivity contribution in [3.05, 3.63) is 29.8 Å². The predicted molar refractivity (Wildman–Crippen MR) is 71.5 cm³/mol. The van der Waals surface area contributed by atoms with E-state index >= 15 is 0 Å². The Morgan fingerprint density at radius 3 is 2.59 bits per heavy atom. The first-order chi connectivity index (χ1) is 8.24. The van der Waals surface area contributed by atoms with Crippen LogP contribution in [-0.2, 0) is 0 Å². The van der Waals surface area contributed by atoms with Gasteiger partial charge >= 0.3 is 0 Å². The topological polar surface area (TPSA) is 21.3 Å². The summed E-state index contributed by atoms with van der Waals surface area (Å²) in [6.07, 6.45) is 4.22. The molecule has 1 saturated carbocycles. The highest BCUT2D eigenvalue weighted by atomic mass is 16.5. The number of hydrogen-bond donors (Lipinski definition) is 1. The van der Waals surface area contributed by atoms with Crippen LogP contribution in [0, 0.1) is 12.8 Å². The summed E-state index contributed by atoms with van der Waals surface area (Å²) in [4.78, 5) is 0. The van der Waals surface area contributed by atoms with E-state index in [-0.39, 0.29) is 0 Å². The van der Waals surface area contributed by atoms with Gasteiger partial charge in [0.2, 0.25) is 0 Å². The van der Waals surface area contributed by atoms with Crippen molar-refractivity contribution >= 4 is 0 Å². The molecule has 17 heavy (non-hydrogen) atoms. The number of rotatable bonds is 6. The van der Waals surface area contributed by atoms with Crippen LogP contribution < -0.4 is 10.1 Å². The minimum absolute atomic E-state index is 0.428. The van der Waals surface area contributed by atoms with Crippen LogP contribution in [0.2, 0.25) is 0 Å². The van der Waals surface area contributed by atoms with Gasteiger partial charge in [0.05, 0.1) is 0 Å². The number of benzene rings is 1. The molecule has 1 aromatic carbocycles. The molecule has 0 saturated heterocycles. The lowest BCUT2D eigenvalue weighted by atomic mass is 9.85.